The van der Waals surface area contributed by atoms with Gasteiger partial charge in [0.15, 0.2) is 0 Å². The van der Waals surface area contributed by atoms with Crippen LogP contribution in [0.25, 0.3) is 21.3 Å². The SMILES string of the molecule is C1CSCN1.c1cnc2c(ccc3nnsc32)n1. The predicted octanol–water partition coefficient (Wildman–Crippen LogP) is 1.91. The van der Waals surface area contributed by atoms with Gasteiger partial charge in [-0.3, -0.25) is 9.97 Å². The number of nitrogens with zero attached hydrogens (tertiary/aromatic N) is 4. The van der Waals surface area contributed by atoms with Crippen molar-refractivity contribution in [2.24, 2.45) is 0 Å². The van der Waals surface area contributed by atoms with Crippen molar-refractivity contribution in [2.45, 2.75) is 0 Å². The Morgan fingerprint density at radius 3 is 2.78 bits per heavy atom. The molecule has 0 radical (unpaired) electrons. The van der Waals surface area contributed by atoms with Crippen molar-refractivity contribution in [3.63, 3.8) is 0 Å². The molecule has 1 fully saturated rings. The second kappa shape index (κ2) is 5.55. The molecule has 0 spiro atoms. The van der Waals surface area contributed by atoms with Crippen molar-refractivity contribution in [1.82, 2.24) is 24.9 Å². The van der Waals surface area contributed by atoms with Crippen molar-refractivity contribution < 1.29 is 0 Å². The highest BCUT2D eigenvalue weighted by molar-refractivity contribution is 7.99. The number of hydrogen-bond acceptors (Lipinski definition) is 7. The summed E-state index contributed by atoms with van der Waals surface area (Å²) in [7, 11) is 0. The molecule has 0 amide bonds. The lowest BCUT2D eigenvalue weighted by Crippen LogP contribution is -2.04. The fourth-order valence-electron chi connectivity index (χ4n) is 1.64. The van der Waals surface area contributed by atoms with Gasteiger partial charge in [0.1, 0.15) is 15.7 Å². The maximum Gasteiger partial charge on any atom is 0.110 e. The zero-order chi connectivity index (χ0) is 12.2. The topological polar surface area (TPSA) is 63.6 Å². The first-order chi connectivity index (χ1) is 8.95. The molecule has 18 heavy (non-hydrogen) atoms. The number of aromatic nitrogens is 4. The van der Waals surface area contributed by atoms with Crippen molar-refractivity contribution in [1.29, 1.82) is 0 Å². The Kier molecular flexibility index (Phi) is 3.63. The Hall–Kier alpha value is -1.31. The van der Waals surface area contributed by atoms with Gasteiger partial charge >= 0.3 is 0 Å². The third-order valence-corrected chi connectivity index (χ3v) is 4.13. The van der Waals surface area contributed by atoms with Crippen LogP contribution in [0.2, 0.25) is 0 Å². The molecule has 0 atom stereocenters. The van der Waals surface area contributed by atoms with Gasteiger partial charge in [0.2, 0.25) is 0 Å². The largest absolute Gasteiger partial charge is 0.307 e. The fraction of sp³-hybridized carbons (Fsp3) is 0.273. The molecule has 4 rings (SSSR count). The number of thioether (sulfide) groups is 1. The molecule has 1 aliphatic rings. The summed E-state index contributed by atoms with van der Waals surface area (Å²) in [5.74, 6) is 2.47. The van der Waals surface area contributed by atoms with Crippen LogP contribution in [0.3, 0.4) is 0 Å². The zero-order valence-electron chi connectivity index (χ0n) is 9.54. The quantitative estimate of drug-likeness (QED) is 0.677. The van der Waals surface area contributed by atoms with Crippen LogP contribution < -0.4 is 5.32 Å². The van der Waals surface area contributed by atoms with E-state index in [0.717, 1.165) is 21.3 Å². The van der Waals surface area contributed by atoms with Gasteiger partial charge in [-0.2, -0.15) is 0 Å². The molecule has 1 aromatic carbocycles. The minimum atomic E-state index is 0.884. The molecular weight excluding hydrogens is 266 g/mol. The molecule has 1 aliphatic heterocycles. The molecule has 7 heteroatoms. The minimum Gasteiger partial charge on any atom is -0.307 e. The van der Waals surface area contributed by atoms with E-state index in [1.165, 1.54) is 29.7 Å². The van der Waals surface area contributed by atoms with Crippen LogP contribution in [0.4, 0.5) is 0 Å². The molecule has 0 aliphatic carbocycles. The lowest BCUT2D eigenvalue weighted by molar-refractivity contribution is 0.885. The van der Waals surface area contributed by atoms with Gasteiger partial charge in [0, 0.05) is 30.6 Å². The summed E-state index contributed by atoms with van der Waals surface area (Å²) in [4.78, 5) is 8.45. The van der Waals surface area contributed by atoms with E-state index in [1.54, 1.807) is 12.4 Å². The molecule has 1 saturated heterocycles. The predicted molar refractivity (Wildman–Crippen MR) is 75.8 cm³/mol. The molecule has 0 bridgehead atoms. The third-order valence-electron chi connectivity index (χ3n) is 2.48. The molecule has 92 valence electrons. The monoisotopic (exact) mass is 277 g/mol. The lowest BCUT2D eigenvalue weighted by atomic mass is 10.3. The molecule has 0 saturated carbocycles. The van der Waals surface area contributed by atoms with E-state index in [4.69, 9.17) is 0 Å². The Morgan fingerprint density at radius 1 is 1.11 bits per heavy atom. The molecule has 1 N–H and O–H groups in total. The standard InChI is InChI=1S/C8H4N4S.C3H7NS/c1-2-6-8(13-12-11-6)7-5(1)9-3-4-10-7;1-2-5-3-4-1/h1-4H;4H,1-3H2. The van der Waals surface area contributed by atoms with Crippen LogP contribution in [0.15, 0.2) is 24.5 Å². The van der Waals surface area contributed by atoms with Crippen LogP contribution in [-0.4, -0.2) is 37.7 Å². The van der Waals surface area contributed by atoms with E-state index in [2.05, 4.69) is 24.9 Å². The Balaban J connectivity index is 0.000000169. The van der Waals surface area contributed by atoms with Gasteiger partial charge in [-0.05, 0) is 23.7 Å². The number of hydrogen-bond donors (Lipinski definition) is 1. The molecule has 0 unspecified atom stereocenters. The van der Waals surface area contributed by atoms with Crippen molar-refractivity contribution in [2.75, 3.05) is 18.2 Å². The van der Waals surface area contributed by atoms with E-state index in [-0.39, 0.29) is 0 Å². The maximum absolute atomic E-state index is 4.25. The Morgan fingerprint density at radius 2 is 2.00 bits per heavy atom. The minimum absolute atomic E-state index is 0.884. The van der Waals surface area contributed by atoms with Crippen molar-refractivity contribution >= 4 is 44.5 Å². The molecule has 2 aromatic heterocycles. The van der Waals surface area contributed by atoms with Crippen molar-refractivity contribution in [3.05, 3.63) is 24.5 Å². The molecular formula is C11H11N5S2. The van der Waals surface area contributed by atoms with Gasteiger partial charge < -0.3 is 5.32 Å². The number of rotatable bonds is 0. The summed E-state index contributed by atoms with van der Waals surface area (Å²) < 4.78 is 4.88. The average Bonchev–Trinajstić information content (AvgIpc) is 3.12. The van der Waals surface area contributed by atoms with Crippen LogP contribution in [0.1, 0.15) is 0 Å². The molecule has 3 aromatic rings. The molecule has 3 heterocycles. The normalized spacial score (nSPS) is 14.7. The summed E-state index contributed by atoms with van der Waals surface area (Å²) in [5, 5.41) is 7.15. The highest BCUT2D eigenvalue weighted by Crippen LogP contribution is 2.22. The summed E-state index contributed by atoms with van der Waals surface area (Å²) in [5.41, 5.74) is 2.66. The van der Waals surface area contributed by atoms with Gasteiger partial charge in [-0.25, -0.2) is 0 Å². The first-order valence-electron chi connectivity index (χ1n) is 5.55. The van der Waals surface area contributed by atoms with Gasteiger partial charge in [0.25, 0.3) is 0 Å². The van der Waals surface area contributed by atoms with Crippen LogP contribution in [-0.2, 0) is 0 Å². The first kappa shape index (κ1) is 11.8. The van der Waals surface area contributed by atoms with E-state index < -0.39 is 0 Å². The molecule has 5 nitrogen and oxygen atoms in total. The summed E-state index contributed by atoms with van der Waals surface area (Å²) in [6, 6.07) is 3.82. The second-order valence-electron chi connectivity index (χ2n) is 3.66. The van der Waals surface area contributed by atoms with Gasteiger partial charge in [0.05, 0.1) is 5.52 Å². The smallest absolute Gasteiger partial charge is 0.110 e. The zero-order valence-corrected chi connectivity index (χ0v) is 11.2. The summed E-state index contributed by atoms with van der Waals surface area (Å²) in [6.07, 6.45) is 3.37. The van der Waals surface area contributed by atoms with Gasteiger partial charge in [-0.1, -0.05) is 4.49 Å². The van der Waals surface area contributed by atoms with E-state index >= 15 is 0 Å². The first-order valence-corrected chi connectivity index (χ1v) is 7.48. The summed E-state index contributed by atoms with van der Waals surface area (Å²) in [6.45, 7) is 1.21. The van der Waals surface area contributed by atoms with E-state index in [9.17, 15) is 0 Å². The van der Waals surface area contributed by atoms with Gasteiger partial charge in [-0.15, -0.1) is 16.9 Å². The van der Waals surface area contributed by atoms with Crippen LogP contribution >= 0.6 is 23.3 Å². The second-order valence-corrected chi connectivity index (χ2v) is 5.52. The Labute approximate surface area is 112 Å². The highest BCUT2D eigenvalue weighted by Gasteiger charge is 2.04. The van der Waals surface area contributed by atoms with Crippen molar-refractivity contribution in [3.8, 4) is 0 Å². The van der Waals surface area contributed by atoms with Crippen LogP contribution in [0, 0.1) is 0 Å². The highest BCUT2D eigenvalue weighted by atomic mass is 32.2. The third kappa shape index (κ3) is 2.43. The summed E-state index contributed by atoms with van der Waals surface area (Å²) >= 11 is 3.32. The number of fused-ring (bicyclic) bond motifs is 3. The number of nitrogens with one attached hydrogen (secondary N) is 1. The fourth-order valence-corrected chi connectivity index (χ4v) is 3.01. The lowest BCUT2D eigenvalue weighted by Gasteiger charge is -1.93. The van der Waals surface area contributed by atoms with Crippen LogP contribution in [0.5, 0.6) is 0 Å². The number of benzene rings is 1. The van der Waals surface area contributed by atoms with E-state index in [0.29, 0.717) is 0 Å². The average molecular weight is 277 g/mol. The Bertz CT molecular complexity index is 642. The van der Waals surface area contributed by atoms with E-state index in [1.807, 2.05) is 23.9 Å². The maximum atomic E-state index is 4.25.